The first kappa shape index (κ1) is 18.3. The summed E-state index contributed by atoms with van der Waals surface area (Å²) in [6.45, 7) is 0.0680. The molecular formula is C18H18FNO5S. The van der Waals surface area contributed by atoms with Crippen molar-refractivity contribution in [1.29, 1.82) is 0 Å². The summed E-state index contributed by atoms with van der Waals surface area (Å²) in [5.41, 5.74) is 0.542. The fraction of sp³-hybridized carbons (Fsp3) is 0.278. The van der Waals surface area contributed by atoms with E-state index >= 15 is 0 Å². The topological polar surface area (TPSA) is 83.9 Å². The van der Waals surface area contributed by atoms with E-state index in [9.17, 15) is 22.7 Å². The van der Waals surface area contributed by atoms with E-state index in [4.69, 9.17) is 4.74 Å². The van der Waals surface area contributed by atoms with Crippen LogP contribution in [0.4, 0.5) is 4.39 Å². The maximum atomic E-state index is 13.1. The molecule has 1 N–H and O–H groups in total. The van der Waals surface area contributed by atoms with Gasteiger partial charge in [-0.1, -0.05) is 12.1 Å². The molecule has 1 saturated heterocycles. The van der Waals surface area contributed by atoms with Crippen molar-refractivity contribution in [2.45, 2.75) is 17.4 Å². The van der Waals surface area contributed by atoms with Gasteiger partial charge in [0.05, 0.1) is 24.0 Å². The molecule has 0 unspecified atom stereocenters. The van der Waals surface area contributed by atoms with E-state index < -0.39 is 33.8 Å². The zero-order valence-corrected chi connectivity index (χ0v) is 14.8. The number of carboxylic acid groups (broad SMARTS) is 1. The number of methoxy groups -OCH3 is 1. The minimum atomic E-state index is -3.98. The molecule has 2 atom stereocenters. The highest BCUT2D eigenvalue weighted by Crippen LogP contribution is 2.41. The molecule has 0 radical (unpaired) electrons. The maximum absolute atomic E-state index is 13.1. The van der Waals surface area contributed by atoms with Gasteiger partial charge in [-0.2, -0.15) is 4.31 Å². The number of rotatable bonds is 5. The van der Waals surface area contributed by atoms with Gasteiger partial charge in [-0.15, -0.1) is 0 Å². The Morgan fingerprint density at radius 3 is 2.54 bits per heavy atom. The number of nitrogens with zero attached hydrogens (tertiary/aromatic N) is 1. The van der Waals surface area contributed by atoms with Crippen molar-refractivity contribution >= 4 is 16.0 Å². The molecular weight excluding hydrogens is 361 g/mol. The van der Waals surface area contributed by atoms with E-state index in [0.717, 1.165) is 12.1 Å². The Hall–Kier alpha value is -2.45. The predicted octanol–water partition coefficient (Wildman–Crippen LogP) is 2.67. The van der Waals surface area contributed by atoms with Crippen molar-refractivity contribution in [1.82, 2.24) is 4.31 Å². The van der Waals surface area contributed by atoms with Crippen LogP contribution in [0.1, 0.15) is 18.0 Å². The lowest BCUT2D eigenvalue weighted by Crippen LogP contribution is -2.33. The van der Waals surface area contributed by atoms with Crippen molar-refractivity contribution in [2.75, 3.05) is 13.7 Å². The Kier molecular flexibility index (Phi) is 4.97. The van der Waals surface area contributed by atoms with Crippen LogP contribution in [-0.4, -0.2) is 37.5 Å². The molecule has 1 aliphatic heterocycles. The third-order valence-corrected chi connectivity index (χ3v) is 6.42. The first-order valence-corrected chi connectivity index (χ1v) is 9.43. The van der Waals surface area contributed by atoms with Crippen LogP contribution in [0, 0.1) is 11.7 Å². The van der Waals surface area contributed by atoms with Gasteiger partial charge in [0.25, 0.3) is 0 Å². The van der Waals surface area contributed by atoms with Crippen LogP contribution >= 0.6 is 0 Å². The molecule has 1 aliphatic rings. The second kappa shape index (κ2) is 7.05. The Morgan fingerprint density at radius 1 is 1.23 bits per heavy atom. The van der Waals surface area contributed by atoms with Crippen molar-refractivity contribution in [3.8, 4) is 5.75 Å². The van der Waals surface area contributed by atoms with Gasteiger partial charge in [-0.25, -0.2) is 12.8 Å². The molecule has 26 heavy (non-hydrogen) atoms. The molecule has 8 heteroatoms. The largest absolute Gasteiger partial charge is 0.497 e. The normalized spacial score (nSPS) is 20.8. The van der Waals surface area contributed by atoms with E-state index in [-0.39, 0.29) is 17.9 Å². The van der Waals surface area contributed by atoms with Crippen LogP contribution < -0.4 is 4.74 Å². The zero-order valence-electron chi connectivity index (χ0n) is 14.0. The van der Waals surface area contributed by atoms with Crippen molar-refractivity contribution in [3.63, 3.8) is 0 Å². The smallest absolute Gasteiger partial charge is 0.308 e. The lowest BCUT2D eigenvalue weighted by atomic mass is 9.94. The third kappa shape index (κ3) is 3.30. The fourth-order valence-corrected chi connectivity index (χ4v) is 4.92. The molecule has 0 amide bonds. The molecule has 0 aliphatic carbocycles. The number of carboxylic acids is 1. The minimum Gasteiger partial charge on any atom is -0.497 e. The molecule has 0 spiro atoms. The van der Waals surface area contributed by atoms with Gasteiger partial charge in [0.1, 0.15) is 11.6 Å². The van der Waals surface area contributed by atoms with Crippen LogP contribution in [-0.2, 0) is 14.8 Å². The molecule has 1 fully saturated rings. The standard InChI is InChI=1S/C18H18FNO5S/c1-25-14-4-2-3-12(11-14)17-16(18(21)22)9-10-20(17)26(23,24)15-7-5-13(19)6-8-15/h2-8,11,16-17H,9-10H2,1H3,(H,21,22)/t16-,17+/m0/s1. The van der Waals surface area contributed by atoms with Gasteiger partial charge in [0.15, 0.2) is 0 Å². The Balaban J connectivity index is 2.07. The molecule has 3 rings (SSSR count). The average molecular weight is 379 g/mol. The quantitative estimate of drug-likeness (QED) is 0.863. The molecule has 0 aromatic heterocycles. The van der Waals surface area contributed by atoms with E-state index in [2.05, 4.69) is 0 Å². The van der Waals surface area contributed by atoms with E-state index in [0.29, 0.717) is 11.3 Å². The molecule has 2 aromatic carbocycles. The summed E-state index contributed by atoms with van der Waals surface area (Å²) in [7, 11) is -2.49. The number of carbonyl (C=O) groups is 1. The number of hydrogen-bond acceptors (Lipinski definition) is 4. The fourth-order valence-electron chi connectivity index (χ4n) is 3.26. The Bertz CT molecular complexity index is 913. The summed E-state index contributed by atoms with van der Waals surface area (Å²) in [5, 5.41) is 9.56. The number of aliphatic carboxylic acids is 1. The average Bonchev–Trinajstić information content (AvgIpc) is 3.08. The van der Waals surface area contributed by atoms with Crippen LogP contribution in [0.15, 0.2) is 53.4 Å². The van der Waals surface area contributed by atoms with Crippen LogP contribution in [0.25, 0.3) is 0 Å². The number of benzene rings is 2. The second-order valence-electron chi connectivity index (χ2n) is 6.02. The monoisotopic (exact) mass is 379 g/mol. The summed E-state index contributed by atoms with van der Waals surface area (Å²) in [6, 6.07) is 10.3. The Morgan fingerprint density at radius 2 is 1.92 bits per heavy atom. The van der Waals surface area contributed by atoms with Crippen LogP contribution in [0.5, 0.6) is 5.75 Å². The van der Waals surface area contributed by atoms with Gasteiger partial charge in [-0.05, 0) is 48.4 Å². The summed E-state index contributed by atoms with van der Waals surface area (Å²) in [5.74, 6) is -1.97. The lowest BCUT2D eigenvalue weighted by Gasteiger charge is -2.27. The highest BCUT2D eigenvalue weighted by atomic mass is 32.2. The maximum Gasteiger partial charge on any atom is 0.308 e. The predicted molar refractivity (Wildman–Crippen MR) is 91.8 cm³/mol. The van der Waals surface area contributed by atoms with Gasteiger partial charge >= 0.3 is 5.97 Å². The van der Waals surface area contributed by atoms with Crippen LogP contribution in [0.3, 0.4) is 0 Å². The number of sulfonamides is 1. The van der Waals surface area contributed by atoms with Gasteiger partial charge in [0.2, 0.25) is 10.0 Å². The van der Waals surface area contributed by atoms with E-state index in [1.807, 2.05) is 0 Å². The molecule has 1 heterocycles. The number of hydrogen-bond donors (Lipinski definition) is 1. The molecule has 138 valence electrons. The summed E-state index contributed by atoms with van der Waals surface area (Å²) < 4.78 is 45.6. The van der Waals surface area contributed by atoms with Crippen molar-refractivity contribution in [3.05, 3.63) is 59.9 Å². The lowest BCUT2D eigenvalue weighted by molar-refractivity contribution is -0.142. The highest BCUT2D eigenvalue weighted by molar-refractivity contribution is 7.89. The zero-order chi connectivity index (χ0) is 18.9. The molecule has 0 bridgehead atoms. The molecule has 0 saturated carbocycles. The van der Waals surface area contributed by atoms with Gasteiger partial charge in [0, 0.05) is 6.54 Å². The Labute approximate surface area is 150 Å². The summed E-state index contributed by atoms with van der Waals surface area (Å²) >= 11 is 0. The van der Waals surface area contributed by atoms with Gasteiger partial charge in [-0.3, -0.25) is 4.79 Å². The first-order chi connectivity index (χ1) is 12.3. The SMILES string of the molecule is COc1cccc([C@@H]2[C@@H](C(=O)O)CCN2S(=O)(=O)c2ccc(F)cc2)c1. The van der Waals surface area contributed by atoms with Gasteiger partial charge < -0.3 is 9.84 Å². The third-order valence-electron chi connectivity index (χ3n) is 4.52. The highest BCUT2D eigenvalue weighted by Gasteiger charge is 2.45. The molecule has 2 aromatic rings. The summed E-state index contributed by atoms with van der Waals surface area (Å²) in [4.78, 5) is 11.6. The van der Waals surface area contributed by atoms with E-state index in [1.54, 1.807) is 24.3 Å². The summed E-state index contributed by atoms with van der Waals surface area (Å²) in [6.07, 6.45) is 0.192. The number of ether oxygens (including phenoxy) is 1. The van der Waals surface area contributed by atoms with Crippen molar-refractivity contribution < 1.29 is 27.4 Å². The van der Waals surface area contributed by atoms with Crippen LogP contribution in [0.2, 0.25) is 0 Å². The molecule has 6 nitrogen and oxygen atoms in total. The number of halogens is 1. The first-order valence-electron chi connectivity index (χ1n) is 7.99. The van der Waals surface area contributed by atoms with Crippen molar-refractivity contribution in [2.24, 2.45) is 5.92 Å². The minimum absolute atomic E-state index is 0.0680. The van der Waals surface area contributed by atoms with E-state index in [1.165, 1.54) is 23.5 Å². The second-order valence-corrected chi connectivity index (χ2v) is 7.92.